The first kappa shape index (κ1) is 11.3. The summed E-state index contributed by atoms with van der Waals surface area (Å²) in [4.78, 5) is 10.1. The molecule has 7 heteroatoms. The number of nitrogens with two attached hydrogens (primary N) is 1. The second kappa shape index (κ2) is 4.39. The highest BCUT2D eigenvalue weighted by Gasteiger charge is 2.20. The third-order valence-electron chi connectivity index (χ3n) is 1.22. The molecule has 0 aliphatic rings. The van der Waals surface area contributed by atoms with Crippen LogP contribution in [0.1, 0.15) is 0 Å². The number of likely N-dealkylation sites (N-methyl/N-ethyl adjacent to an activating group) is 1. The number of carboxylic acids is 1. The summed E-state index contributed by atoms with van der Waals surface area (Å²) in [7, 11) is -2.37. The van der Waals surface area contributed by atoms with Crippen LogP contribution in [-0.4, -0.2) is 49.7 Å². The first-order chi connectivity index (χ1) is 5.40. The minimum absolute atomic E-state index is 0.135. The van der Waals surface area contributed by atoms with E-state index in [-0.39, 0.29) is 13.1 Å². The molecule has 0 saturated carbocycles. The Hall–Kier alpha value is -0.660. The van der Waals surface area contributed by atoms with E-state index in [4.69, 9.17) is 10.8 Å². The van der Waals surface area contributed by atoms with E-state index in [9.17, 15) is 13.2 Å². The van der Waals surface area contributed by atoms with Crippen LogP contribution in [0.25, 0.3) is 0 Å². The Kier molecular flexibility index (Phi) is 4.15. The molecule has 0 radical (unpaired) electrons. The number of nitrogens with zero attached hydrogens (tertiary/aromatic N) is 1. The zero-order valence-electron chi connectivity index (χ0n) is 6.73. The van der Waals surface area contributed by atoms with Crippen LogP contribution < -0.4 is 5.73 Å². The summed E-state index contributed by atoms with van der Waals surface area (Å²) >= 11 is 0. The molecule has 0 aliphatic carbocycles. The number of aliphatic carboxylic acids is 1. The van der Waals surface area contributed by atoms with Gasteiger partial charge in [0.2, 0.25) is 10.0 Å². The van der Waals surface area contributed by atoms with Gasteiger partial charge in [-0.25, -0.2) is 12.7 Å². The number of carbonyl (C=O) groups is 1. The van der Waals surface area contributed by atoms with Crippen molar-refractivity contribution in [2.24, 2.45) is 5.73 Å². The molecule has 0 spiro atoms. The first-order valence-electron chi connectivity index (χ1n) is 3.26. The molecule has 0 rings (SSSR count). The van der Waals surface area contributed by atoms with E-state index in [1.165, 1.54) is 7.05 Å². The van der Waals surface area contributed by atoms with Crippen molar-refractivity contribution in [1.82, 2.24) is 4.31 Å². The van der Waals surface area contributed by atoms with Gasteiger partial charge in [-0.15, -0.1) is 0 Å². The van der Waals surface area contributed by atoms with Gasteiger partial charge in [-0.05, 0) is 0 Å². The van der Waals surface area contributed by atoms with Crippen molar-refractivity contribution in [3.8, 4) is 0 Å². The van der Waals surface area contributed by atoms with Gasteiger partial charge in [0, 0.05) is 20.1 Å². The van der Waals surface area contributed by atoms with Crippen LogP contribution in [0.5, 0.6) is 0 Å². The highest BCUT2D eigenvalue weighted by molar-refractivity contribution is 7.89. The smallest absolute Gasteiger partial charge is 0.320 e. The molecule has 0 amide bonds. The van der Waals surface area contributed by atoms with Crippen molar-refractivity contribution in [2.75, 3.05) is 25.9 Å². The van der Waals surface area contributed by atoms with Gasteiger partial charge >= 0.3 is 5.97 Å². The fourth-order valence-corrected chi connectivity index (χ4v) is 1.50. The molecule has 3 N–H and O–H groups in total. The normalized spacial score (nSPS) is 11.9. The Balaban J connectivity index is 4.30. The molecule has 0 aromatic heterocycles. The minimum atomic E-state index is -3.67. The predicted octanol–water partition coefficient (Wildman–Crippen LogP) is -1.71. The van der Waals surface area contributed by atoms with Crippen LogP contribution in [0.3, 0.4) is 0 Å². The summed E-state index contributed by atoms with van der Waals surface area (Å²) in [5.41, 5.74) is 5.10. The maximum atomic E-state index is 11.0. The van der Waals surface area contributed by atoms with E-state index in [2.05, 4.69) is 0 Å². The molecular formula is C5H12N2O4S. The van der Waals surface area contributed by atoms with Gasteiger partial charge in [0.15, 0.2) is 5.75 Å². The van der Waals surface area contributed by atoms with Gasteiger partial charge in [-0.2, -0.15) is 0 Å². The summed E-state index contributed by atoms with van der Waals surface area (Å²) in [6.45, 7) is 0.310. The molecule has 0 aliphatic heterocycles. The second-order valence-electron chi connectivity index (χ2n) is 2.26. The van der Waals surface area contributed by atoms with Gasteiger partial charge in [0.25, 0.3) is 0 Å². The third kappa shape index (κ3) is 3.65. The largest absolute Gasteiger partial charge is 0.480 e. The Morgan fingerprint density at radius 2 is 2.08 bits per heavy atom. The highest BCUT2D eigenvalue weighted by atomic mass is 32.2. The molecule has 0 unspecified atom stereocenters. The van der Waals surface area contributed by atoms with Crippen LogP contribution in [0.15, 0.2) is 0 Å². The Morgan fingerprint density at radius 1 is 1.58 bits per heavy atom. The lowest BCUT2D eigenvalue weighted by atomic mass is 10.7. The summed E-state index contributed by atoms with van der Waals surface area (Å²) in [5.74, 6) is -2.25. The predicted molar refractivity (Wildman–Crippen MR) is 43.1 cm³/mol. The molecule has 0 aromatic carbocycles. The van der Waals surface area contributed by atoms with Crippen LogP contribution in [0.2, 0.25) is 0 Å². The number of rotatable bonds is 5. The maximum Gasteiger partial charge on any atom is 0.320 e. The number of hydrogen-bond donors (Lipinski definition) is 2. The number of hydrogen-bond acceptors (Lipinski definition) is 4. The average Bonchev–Trinajstić information content (AvgIpc) is 1.85. The Labute approximate surface area is 71.0 Å². The van der Waals surface area contributed by atoms with E-state index in [0.29, 0.717) is 0 Å². The Bertz CT molecular complexity index is 248. The van der Waals surface area contributed by atoms with Gasteiger partial charge in [0.1, 0.15) is 0 Å². The van der Waals surface area contributed by atoms with Gasteiger partial charge in [-0.1, -0.05) is 0 Å². The van der Waals surface area contributed by atoms with E-state index in [0.717, 1.165) is 4.31 Å². The van der Waals surface area contributed by atoms with Crippen molar-refractivity contribution in [3.63, 3.8) is 0 Å². The van der Waals surface area contributed by atoms with E-state index >= 15 is 0 Å². The quantitative estimate of drug-likeness (QED) is 0.545. The van der Waals surface area contributed by atoms with Gasteiger partial charge in [0.05, 0.1) is 0 Å². The summed E-state index contributed by atoms with van der Waals surface area (Å²) in [5, 5.41) is 8.23. The van der Waals surface area contributed by atoms with Crippen molar-refractivity contribution in [3.05, 3.63) is 0 Å². The van der Waals surface area contributed by atoms with E-state index in [1.807, 2.05) is 0 Å². The van der Waals surface area contributed by atoms with Crippen LogP contribution in [0.4, 0.5) is 0 Å². The summed E-state index contributed by atoms with van der Waals surface area (Å²) in [6.07, 6.45) is 0. The highest BCUT2D eigenvalue weighted by Crippen LogP contribution is 1.95. The molecule has 0 saturated heterocycles. The standard InChI is InChI=1S/C5H12N2O4S/c1-7(3-2-6)12(10,11)4-5(8)9/h2-4,6H2,1H3,(H,8,9). The number of sulfonamides is 1. The van der Waals surface area contributed by atoms with Crippen LogP contribution in [0, 0.1) is 0 Å². The third-order valence-corrected chi connectivity index (χ3v) is 2.97. The SMILES string of the molecule is CN(CCN)S(=O)(=O)CC(=O)O. The molecular weight excluding hydrogens is 184 g/mol. The van der Waals surface area contributed by atoms with Crippen molar-refractivity contribution in [2.45, 2.75) is 0 Å². The molecule has 0 fully saturated rings. The van der Waals surface area contributed by atoms with Crippen molar-refractivity contribution in [1.29, 1.82) is 0 Å². The lowest BCUT2D eigenvalue weighted by Gasteiger charge is -2.13. The molecule has 12 heavy (non-hydrogen) atoms. The topological polar surface area (TPSA) is 101 Å². The first-order valence-corrected chi connectivity index (χ1v) is 4.87. The Morgan fingerprint density at radius 3 is 2.42 bits per heavy atom. The van der Waals surface area contributed by atoms with E-state index < -0.39 is 21.7 Å². The van der Waals surface area contributed by atoms with Gasteiger partial charge in [-0.3, -0.25) is 4.79 Å². The molecule has 0 bridgehead atoms. The van der Waals surface area contributed by atoms with Crippen molar-refractivity contribution < 1.29 is 18.3 Å². The average molecular weight is 196 g/mol. The van der Waals surface area contributed by atoms with Crippen LogP contribution >= 0.6 is 0 Å². The van der Waals surface area contributed by atoms with Crippen molar-refractivity contribution >= 4 is 16.0 Å². The zero-order valence-corrected chi connectivity index (χ0v) is 7.54. The zero-order chi connectivity index (χ0) is 9.78. The van der Waals surface area contributed by atoms with Gasteiger partial charge < -0.3 is 10.8 Å². The summed E-state index contributed by atoms with van der Waals surface area (Å²) < 4.78 is 23.0. The fraction of sp³-hybridized carbons (Fsp3) is 0.800. The monoisotopic (exact) mass is 196 g/mol. The molecule has 6 nitrogen and oxygen atoms in total. The molecule has 0 heterocycles. The molecule has 72 valence electrons. The molecule has 0 aromatic rings. The summed E-state index contributed by atoms with van der Waals surface area (Å²) in [6, 6.07) is 0. The number of carboxylic acid groups (broad SMARTS) is 1. The lowest BCUT2D eigenvalue weighted by Crippen LogP contribution is -2.35. The molecule has 0 atom stereocenters. The maximum absolute atomic E-state index is 11.0. The fourth-order valence-electron chi connectivity index (χ4n) is 0.587. The minimum Gasteiger partial charge on any atom is -0.480 e. The van der Waals surface area contributed by atoms with Crippen LogP contribution in [-0.2, 0) is 14.8 Å². The lowest BCUT2D eigenvalue weighted by molar-refractivity contribution is -0.134. The second-order valence-corrected chi connectivity index (χ2v) is 4.34. The van der Waals surface area contributed by atoms with E-state index in [1.54, 1.807) is 0 Å².